The molecule has 4 aromatic rings. The number of carbonyl (C=O) groups excluding carboxylic acids is 2. The average Bonchev–Trinajstić information content (AvgIpc) is 3.51. The monoisotopic (exact) mass is 448 g/mol. The lowest BCUT2D eigenvalue weighted by atomic mass is 10.0. The molecule has 0 aliphatic rings. The molecule has 6 nitrogen and oxygen atoms in total. The molecule has 0 bridgehead atoms. The van der Waals surface area contributed by atoms with Gasteiger partial charge in [-0.3, -0.25) is 9.59 Å². The van der Waals surface area contributed by atoms with Crippen LogP contribution in [0.2, 0.25) is 5.02 Å². The summed E-state index contributed by atoms with van der Waals surface area (Å²) >= 11 is 5.93. The van der Waals surface area contributed by atoms with Crippen molar-refractivity contribution < 1.29 is 18.4 Å². The van der Waals surface area contributed by atoms with E-state index in [1.165, 1.54) is 6.26 Å². The number of rotatable bonds is 8. The molecule has 0 aliphatic heterocycles. The van der Waals surface area contributed by atoms with Crippen LogP contribution in [-0.2, 0) is 17.8 Å². The molecule has 0 unspecified atom stereocenters. The number of carbonyl (C=O) groups is 2. The maximum absolute atomic E-state index is 12.9. The third kappa shape index (κ3) is 5.47. The van der Waals surface area contributed by atoms with Crippen LogP contribution in [0, 0.1) is 0 Å². The first-order valence-electron chi connectivity index (χ1n) is 10.1. The SMILES string of the molecule is O=C(N[C@H](Cc1ccccc1)C(=O)NCc1ccc(-c2ccc(Cl)cc2)o1)c1ccco1. The van der Waals surface area contributed by atoms with Gasteiger partial charge in [0.1, 0.15) is 17.6 Å². The van der Waals surface area contributed by atoms with Crippen molar-refractivity contribution in [3.63, 3.8) is 0 Å². The van der Waals surface area contributed by atoms with E-state index in [-0.39, 0.29) is 18.2 Å². The smallest absolute Gasteiger partial charge is 0.287 e. The van der Waals surface area contributed by atoms with E-state index >= 15 is 0 Å². The molecule has 4 rings (SSSR count). The van der Waals surface area contributed by atoms with Crippen molar-refractivity contribution in [1.82, 2.24) is 10.6 Å². The Morgan fingerprint density at radius 1 is 0.906 bits per heavy atom. The minimum absolute atomic E-state index is 0.148. The molecular weight excluding hydrogens is 428 g/mol. The standard InChI is InChI=1S/C25H21ClN2O4/c26-19-10-8-18(9-11-19)22-13-12-20(32-22)16-27-24(29)21(15-17-5-2-1-3-6-17)28-25(30)23-7-4-14-31-23/h1-14,21H,15-16H2,(H,27,29)(H,28,30)/t21-/m1/s1. The van der Waals surface area contributed by atoms with Crippen LogP contribution in [0.5, 0.6) is 0 Å². The zero-order valence-electron chi connectivity index (χ0n) is 17.1. The van der Waals surface area contributed by atoms with Gasteiger partial charge in [0, 0.05) is 17.0 Å². The Kier molecular flexibility index (Phi) is 6.72. The predicted octanol–water partition coefficient (Wildman–Crippen LogP) is 4.85. The Morgan fingerprint density at radius 3 is 2.41 bits per heavy atom. The molecule has 0 saturated heterocycles. The van der Waals surface area contributed by atoms with Crippen LogP contribution in [0.15, 0.2) is 94.0 Å². The van der Waals surface area contributed by atoms with Gasteiger partial charge in [0.15, 0.2) is 5.76 Å². The van der Waals surface area contributed by atoms with Gasteiger partial charge < -0.3 is 19.5 Å². The predicted molar refractivity (Wildman–Crippen MR) is 121 cm³/mol. The Balaban J connectivity index is 1.42. The largest absolute Gasteiger partial charge is 0.459 e. The van der Waals surface area contributed by atoms with E-state index in [1.807, 2.05) is 48.5 Å². The van der Waals surface area contributed by atoms with Crippen molar-refractivity contribution in [3.8, 4) is 11.3 Å². The second kappa shape index (κ2) is 10.0. The second-order valence-electron chi connectivity index (χ2n) is 7.18. The van der Waals surface area contributed by atoms with E-state index in [1.54, 1.807) is 30.3 Å². The summed E-state index contributed by atoms with van der Waals surface area (Å²) < 4.78 is 11.0. The van der Waals surface area contributed by atoms with Crippen molar-refractivity contribution in [2.75, 3.05) is 0 Å². The van der Waals surface area contributed by atoms with Crippen LogP contribution in [-0.4, -0.2) is 17.9 Å². The molecule has 2 heterocycles. The number of benzene rings is 2. The quantitative estimate of drug-likeness (QED) is 0.403. The summed E-state index contributed by atoms with van der Waals surface area (Å²) in [5.41, 5.74) is 1.81. The van der Waals surface area contributed by atoms with E-state index in [9.17, 15) is 9.59 Å². The van der Waals surface area contributed by atoms with Crippen molar-refractivity contribution in [2.24, 2.45) is 0 Å². The van der Waals surface area contributed by atoms with Gasteiger partial charge in [-0.15, -0.1) is 0 Å². The molecule has 2 amide bonds. The lowest BCUT2D eigenvalue weighted by molar-refractivity contribution is -0.123. The average molecular weight is 449 g/mol. The minimum Gasteiger partial charge on any atom is -0.459 e. The summed E-state index contributed by atoms with van der Waals surface area (Å²) in [6.07, 6.45) is 1.75. The lowest BCUT2D eigenvalue weighted by Crippen LogP contribution is -2.47. The highest BCUT2D eigenvalue weighted by atomic mass is 35.5. The molecular formula is C25H21ClN2O4. The molecule has 0 saturated carbocycles. The van der Waals surface area contributed by atoms with Crippen molar-refractivity contribution in [1.29, 1.82) is 0 Å². The van der Waals surface area contributed by atoms with Crippen LogP contribution >= 0.6 is 11.6 Å². The Bertz CT molecular complexity index is 1170. The molecule has 32 heavy (non-hydrogen) atoms. The molecule has 2 aromatic carbocycles. The molecule has 1 atom stereocenters. The highest BCUT2D eigenvalue weighted by Gasteiger charge is 2.23. The van der Waals surface area contributed by atoms with Gasteiger partial charge in [-0.25, -0.2) is 0 Å². The third-order valence-electron chi connectivity index (χ3n) is 4.88. The van der Waals surface area contributed by atoms with Crippen molar-refractivity contribution in [2.45, 2.75) is 19.0 Å². The first-order valence-corrected chi connectivity index (χ1v) is 10.5. The zero-order valence-corrected chi connectivity index (χ0v) is 17.8. The summed E-state index contributed by atoms with van der Waals surface area (Å²) in [5, 5.41) is 6.24. The molecule has 0 radical (unpaired) electrons. The Morgan fingerprint density at radius 2 is 1.69 bits per heavy atom. The summed E-state index contributed by atoms with van der Waals surface area (Å²) in [6.45, 7) is 0.189. The number of halogens is 1. The number of amides is 2. The molecule has 0 spiro atoms. The highest BCUT2D eigenvalue weighted by Crippen LogP contribution is 2.23. The van der Waals surface area contributed by atoms with Gasteiger partial charge in [-0.05, 0) is 54.1 Å². The van der Waals surface area contributed by atoms with E-state index in [0.717, 1.165) is 11.1 Å². The maximum Gasteiger partial charge on any atom is 0.287 e. The fourth-order valence-corrected chi connectivity index (χ4v) is 3.36. The molecule has 7 heteroatoms. The summed E-state index contributed by atoms with van der Waals surface area (Å²) in [6, 6.07) is 22.8. The first kappa shape index (κ1) is 21.5. The van der Waals surface area contributed by atoms with Crippen LogP contribution in [0.3, 0.4) is 0 Å². The fourth-order valence-electron chi connectivity index (χ4n) is 3.24. The van der Waals surface area contributed by atoms with Gasteiger partial charge in [0.05, 0.1) is 12.8 Å². The van der Waals surface area contributed by atoms with E-state index in [4.69, 9.17) is 20.4 Å². The molecule has 0 aliphatic carbocycles. The minimum atomic E-state index is -0.777. The number of hydrogen-bond donors (Lipinski definition) is 2. The van der Waals surface area contributed by atoms with Crippen molar-refractivity contribution >= 4 is 23.4 Å². The topological polar surface area (TPSA) is 84.5 Å². The van der Waals surface area contributed by atoms with Crippen LogP contribution in [0.1, 0.15) is 21.9 Å². The summed E-state index contributed by atoms with van der Waals surface area (Å²) in [5.74, 6) is 0.652. The van der Waals surface area contributed by atoms with Gasteiger partial charge in [-0.2, -0.15) is 0 Å². The number of nitrogens with one attached hydrogen (secondary N) is 2. The van der Waals surface area contributed by atoms with Crippen LogP contribution in [0.4, 0.5) is 0 Å². The second-order valence-corrected chi connectivity index (χ2v) is 7.62. The van der Waals surface area contributed by atoms with Gasteiger partial charge in [-0.1, -0.05) is 41.9 Å². The normalized spacial score (nSPS) is 11.7. The highest BCUT2D eigenvalue weighted by molar-refractivity contribution is 6.30. The lowest BCUT2D eigenvalue weighted by Gasteiger charge is -2.18. The van der Waals surface area contributed by atoms with Gasteiger partial charge in [0.2, 0.25) is 5.91 Å². The van der Waals surface area contributed by atoms with E-state index in [0.29, 0.717) is 23.0 Å². The molecule has 2 aromatic heterocycles. The van der Waals surface area contributed by atoms with Crippen LogP contribution < -0.4 is 10.6 Å². The van der Waals surface area contributed by atoms with Gasteiger partial charge in [0.25, 0.3) is 5.91 Å². The Labute approximate surface area is 190 Å². The zero-order chi connectivity index (χ0) is 22.3. The molecule has 0 fully saturated rings. The summed E-state index contributed by atoms with van der Waals surface area (Å²) in [7, 11) is 0. The first-order chi connectivity index (χ1) is 15.6. The van der Waals surface area contributed by atoms with Gasteiger partial charge >= 0.3 is 0 Å². The number of furan rings is 2. The number of hydrogen-bond acceptors (Lipinski definition) is 4. The maximum atomic E-state index is 12.9. The van der Waals surface area contributed by atoms with E-state index < -0.39 is 11.9 Å². The molecule has 2 N–H and O–H groups in total. The Hall–Kier alpha value is -3.77. The van der Waals surface area contributed by atoms with Crippen LogP contribution in [0.25, 0.3) is 11.3 Å². The third-order valence-corrected chi connectivity index (χ3v) is 5.13. The summed E-state index contributed by atoms with van der Waals surface area (Å²) in [4.78, 5) is 25.4. The fraction of sp³-hybridized carbons (Fsp3) is 0.120. The van der Waals surface area contributed by atoms with Crippen molar-refractivity contribution in [3.05, 3.63) is 107 Å². The van der Waals surface area contributed by atoms with E-state index in [2.05, 4.69) is 10.6 Å². The molecule has 162 valence electrons.